The molecule has 2 aliphatic rings. The number of ether oxygens (including phenoxy) is 3. The number of benzene rings is 1. The summed E-state index contributed by atoms with van der Waals surface area (Å²) >= 11 is 0. The zero-order valence-corrected chi connectivity index (χ0v) is 19.4. The van der Waals surface area contributed by atoms with E-state index in [4.69, 9.17) is 14.2 Å². The van der Waals surface area contributed by atoms with Gasteiger partial charge in [0.2, 0.25) is 0 Å². The van der Waals surface area contributed by atoms with E-state index in [2.05, 4.69) is 46.4 Å². The Kier molecular flexibility index (Phi) is 10.5. The number of nitrogens with one attached hydrogen (secondary N) is 1. The monoisotopic (exact) mass is 503 g/mol. The summed E-state index contributed by atoms with van der Waals surface area (Å²) < 4.78 is 17.3. The van der Waals surface area contributed by atoms with Gasteiger partial charge in [-0.2, -0.15) is 0 Å². The number of aryl methyl sites for hydroxylation is 1. The molecule has 0 bridgehead atoms. The minimum Gasteiger partial charge on any atom is -0.379 e. The Balaban J connectivity index is 0.00000280. The van der Waals surface area contributed by atoms with Crippen LogP contribution in [-0.4, -0.2) is 70.1 Å². The second kappa shape index (κ2) is 12.6. The van der Waals surface area contributed by atoms with Crippen molar-refractivity contribution in [2.45, 2.75) is 38.4 Å². The molecule has 0 aromatic heterocycles. The fourth-order valence-electron chi connectivity index (χ4n) is 3.68. The highest BCUT2D eigenvalue weighted by Crippen LogP contribution is 2.24. The van der Waals surface area contributed by atoms with Crippen molar-refractivity contribution in [2.24, 2.45) is 4.99 Å². The molecule has 0 aliphatic carbocycles. The summed E-state index contributed by atoms with van der Waals surface area (Å²) in [5, 5.41) is 3.46. The minimum absolute atomic E-state index is 0. The van der Waals surface area contributed by atoms with E-state index in [9.17, 15) is 0 Å². The van der Waals surface area contributed by atoms with Crippen LogP contribution in [0.2, 0.25) is 0 Å². The predicted molar refractivity (Wildman–Crippen MR) is 123 cm³/mol. The van der Waals surface area contributed by atoms with E-state index in [0.29, 0.717) is 12.7 Å². The molecule has 158 valence electrons. The number of nitrogens with zero attached hydrogens (tertiary/aromatic N) is 2. The van der Waals surface area contributed by atoms with E-state index in [1.54, 1.807) is 0 Å². The molecule has 6 nitrogen and oxygen atoms in total. The normalized spacial score (nSPS) is 22.8. The Labute approximate surface area is 186 Å². The first-order valence-corrected chi connectivity index (χ1v) is 10.1. The van der Waals surface area contributed by atoms with Crippen LogP contribution in [0.3, 0.4) is 0 Å². The molecule has 0 saturated carbocycles. The largest absolute Gasteiger partial charge is 0.379 e. The molecule has 3 rings (SSSR count). The molecule has 2 saturated heterocycles. The van der Waals surface area contributed by atoms with Gasteiger partial charge in [-0.05, 0) is 37.3 Å². The van der Waals surface area contributed by atoms with Crippen molar-refractivity contribution in [3.63, 3.8) is 0 Å². The third-order valence-corrected chi connectivity index (χ3v) is 5.19. The van der Waals surface area contributed by atoms with Crippen molar-refractivity contribution < 1.29 is 14.2 Å². The van der Waals surface area contributed by atoms with Crippen LogP contribution in [0, 0.1) is 6.92 Å². The Morgan fingerprint density at radius 2 is 2.14 bits per heavy atom. The molecule has 1 aromatic carbocycles. The average Bonchev–Trinajstić information content (AvgIpc) is 3.21. The molecule has 0 amide bonds. The van der Waals surface area contributed by atoms with Crippen LogP contribution in [0.4, 0.5) is 0 Å². The Morgan fingerprint density at radius 3 is 2.89 bits per heavy atom. The molecule has 0 radical (unpaired) electrons. The molecule has 2 fully saturated rings. The third kappa shape index (κ3) is 6.86. The van der Waals surface area contributed by atoms with Crippen molar-refractivity contribution >= 4 is 29.9 Å². The lowest BCUT2D eigenvalue weighted by molar-refractivity contribution is -0.00841. The van der Waals surface area contributed by atoms with E-state index in [-0.39, 0.29) is 30.1 Å². The average molecular weight is 503 g/mol. The highest BCUT2D eigenvalue weighted by molar-refractivity contribution is 14.0. The molecule has 2 heterocycles. The zero-order chi connectivity index (χ0) is 18.9. The molecule has 2 atom stereocenters. The molecule has 2 unspecified atom stereocenters. The van der Waals surface area contributed by atoms with Gasteiger partial charge >= 0.3 is 0 Å². The second-order valence-corrected chi connectivity index (χ2v) is 7.20. The number of morpholine rings is 1. The maximum absolute atomic E-state index is 6.02. The van der Waals surface area contributed by atoms with Gasteiger partial charge in [0, 0.05) is 33.4 Å². The molecule has 28 heavy (non-hydrogen) atoms. The molecule has 1 aromatic rings. The number of hydrogen-bond donors (Lipinski definition) is 1. The first kappa shape index (κ1) is 23.4. The number of hydrogen-bond acceptors (Lipinski definition) is 4. The van der Waals surface area contributed by atoms with Crippen LogP contribution in [0.25, 0.3) is 0 Å². The van der Waals surface area contributed by atoms with Gasteiger partial charge in [-0.1, -0.05) is 24.3 Å². The topological polar surface area (TPSA) is 55.3 Å². The van der Waals surface area contributed by atoms with Crippen LogP contribution in [-0.2, 0) is 14.2 Å². The highest BCUT2D eigenvalue weighted by Gasteiger charge is 2.25. The quantitative estimate of drug-likeness (QED) is 0.268. The first-order valence-electron chi connectivity index (χ1n) is 10.1. The molecule has 1 N–H and O–H groups in total. The van der Waals surface area contributed by atoms with Gasteiger partial charge in [-0.25, -0.2) is 0 Å². The summed E-state index contributed by atoms with van der Waals surface area (Å²) in [5.41, 5.74) is 2.54. The van der Waals surface area contributed by atoms with Crippen LogP contribution in [0.15, 0.2) is 29.3 Å². The molecule has 0 spiro atoms. The van der Waals surface area contributed by atoms with Crippen LogP contribution in [0.1, 0.15) is 36.5 Å². The number of halogens is 1. The van der Waals surface area contributed by atoms with E-state index < -0.39 is 0 Å². The standard InChI is InChI=1S/C21H33N3O3.HI/c1-17-7-3-4-9-19(17)20-15-24(11-14-27-20)21(22-2)23-10-6-12-25-16-18-8-5-13-26-18;/h3-4,7,9,18,20H,5-6,8,10-16H2,1-2H3,(H,22,23);1H. The van der Waals surface area contributed by atoms with E-state index >= 15 is 0 Å². The maximum atomic E-state index is 6.02. The summed E-state index contributed by atoms with van der Waals surface area (Å²) in [7, 11) is 1.84. The van der Waals surface area contributed by atoms with Crippen LogP contribution < -0.4 is 5.32 Å². The lowest BCUT2D eigenvalue weighted by Gasteiger charge is -2.35. The molecule has 2 aliphatic heterocycles. The molecular formula is C21H34IN3O3. The van der Waals surface area contributed by atoms with Crippen molar-refractivity contribution in [2.75, 3.05) is 53.1 Å². The first-order chi connectivity index (χ1) is 13.3. The van der Waals surface area contributed by atoms with Crippen LogP contribution >= 0.6 is 24.0 Å². The summed E-state index contributed by atoms with van der Waals surface area (Å²) in [6.45, 7) is 7.73. The van der Waals surface area contributed by atoms with Gasteiger partial charge in [0.05, 0.1) is 25.9 Å². The third-order valence-electron chi connectivity index (χ3n) is 5.19. The SMILES string of the molecule is CN=C(NCCCOCC1CCCO1)N1CCOC(c2ccccc2C)C1.I. The van der Waals surface area contributed by atoms with Crippen molar-refractivity contribution in [3.05, 3.63) is 35.4 Å². The zero-order valence-electron chi connectivity index (χ0n) is 17.1. The molecule has 7 heteroatoms. The van der Waals surface area contributed by atoms with Gasteiger partial charge in [0.1, 0.15) is 6.10 Å². The minimum atomic E-state index is 0. The van der Waals surface area contributed by atoms with Crippen LogP contribution in [0.5, 0.6) is 0 Å². The van der Waals surface area contributed by atoms with E-state index in [1.807, 2.05) is 7.05 Å². The predicted octanol–water partition coefficient (Wildman–Crippen LogP) is 3.15. The summed E-state index contributed by atoms with van der Waals surface area (Å²) in [5.74, 6) is 0.941. The van der Waals surface area contributed by atoms with Gasteiger partial charge in [0.15, 0.2) is 5.96 Å². The van der Waals surface area contributed by atoms with Gasteiger partial charge in [-0.3, -0.25) is 4.99 Å². The fourth-order valence-corrected chi connectivity index (χ4v) is 3.68. The van der Waals surface area contributed by atoms with E-state index in [1.165, 1.54) is 11.1 Å². The number of rotatable bonds is 7. The van der Waals surface area contributed by atoms with Gasteiger partial charge < -0.3 is 24.4 Å². The Bertz CT molecular complexity index is 608. The van der Waals surface area contributed by atoms with Gasteiger partial charge in [0.25, 0.3) is 0 Å². The number of guanidine groups is 1. The van der Waals surface area contributed by atoms with Gasteiger partial charge in [-0.15, -0.1) is 24.0 Å². The summed E-state index contributed by atoms with van der Waals surface area (Å²) in [4.78, 5) is 6.74. The lowest BCUT2D eigenvalue weighted by atomic mass is 10.0. The van der Waals surface area contributed by atoms with Crippen molar-refractivity contribution in [1.29, 1.82) is 0 Å². The smallest absolute Gasteiger partial charge is 0.193 e. The maximum Gasteiger partial charge on any atom is 0.193 e. The molecular weight excluding hydrogens is 469 g/mol. The fraction of sp³-hybridized carbons (Fsp3) is 0.667. The summed E-state index contributed by atoms with van der Waals surface area (Å²) in [6, 6.07) is 8.45. The summed E-state index contributed by atoms with van der Waals surface area (Å²) in [6.07, 6.45) is 3.64. The van der Waals surface area contributed by atoms with E-state index in [0.717, 1.165) is 64.7 Å². The number of aliphatic imine (C=N–C) groups is 1. The van der Waals surface area contributed by atoms with Crippen molar-refractivity contribution in [3.8, 4) is 0 Å². The Morgan fingerprint density at radius 1 is 1.29 bits per heavy atom. The highest BCUT2D eigenvalue weighted by atomic mass is 127. The van der Waals surface area contributed by atoms with Crippen molar-refractivity contribution in [1.82, 2.24) is 10.2 Å². The second-order valence-electron chi connectivity index (χ2n) is 7.20. The lowest BCUT2D eigenvalue weighted by Crippen LogP contribution is -2.48. The Hall–Kier alpha value is -0.900.